The third-order valence-electron chi connectivity index (χ3n) is 2.08. The minimum Gasteiger partial charge on any atom is -0.368 e. The number of hydroxylamine groups is 1. The molecule has 0 aliphatic rings. The summed E-state index contributed by atoms with van der Waals surface area (Å²) >= 11 is 0. The maximum absolute atomic E-state index is 13.3. The summed E-state index contributed by atoms with van der Waals surface area (Å²) in [4.78, 5) is 15.5. The average Bonchev–Trinajstić information content (AvgIpc) is 2.38. The molecule has 0 aliphatic carbocycles. The minimum absolute atomic E-state index is 0. The molecule has 116 valence electrons. The van der Waals surface area contributed by atoms with Crippen molar-refractivity contribution in [2.75, 3.05) is 0 Å². The number of benzene rings is 1. The Hall–Kier alpha value is -2.29. The second-order valence-corrected chi connectivity index (χ2v) is 3.61. The van der Waals surface area contributed by atoms with Crippen LogP contribution in [0, 0.1) is 28.7 Å². The van der Waals surface area contributed by atoms with Crippen molar-refractivity contribution in [3.05, 3.63) is 40.5 Å². The highest BCUT2D eigenvalue weighted by Crippen LogP contribution is 2.21. The van der Waals surface area contributed by atoms with Crippen LogP contribution in [0.15, 0.2) is 11.6 Å². The Bertz CT molecular complexity index is 581. The van der Waals surface area contributed by atoms with Crippen molar-refractivity contribution in [3.63, 3.8) is 0 Å². The zero-order chi connectivity index (χ0) is 15.4. The maximum atomic E-state index is 13.3. The Morgan fingerprint density at radius 3 is 2.19 bits per heavy atom. The van der Waals surface area contributed by atoms with Crippen molar-refractivity contribution < 1.29 is 27.2 Å². The summed E-state index contributed by atoms with van der Waals surface area (Å²) in [5, 5.41) is 6.73. The topological polar surface area (TPSA) is 88.2 Å². The van der Waals surface area contributed by atoms with E-state index in [9.17, 15) is 22.4 Å². The van der Waals surface area contributed by atoms with E-state index < -0.39 is 40.8 Å². The maximum Gasteiger partial charge on any atom is 0.358 e. The number of guanidine groups is 1. The van der Waals surface area contributed by atoms with E-state index in [1.54, 1.807) is 5.48 Å². The minimum atomic E-state index is -1.64. The smallest absolute Gasteiger partial charge is 0.358 e. The van der Waals surface area contributed by atoms with Crippen molar-refractivity contribution in [2.45, 2.75) is 6.92 Å². The van der Waals surface area contributed by atoms with Crippen LogP contribution in [-0.2, 0) is 9.63 Å². The standard InChI is InChI=1S/C11H9F4N3O2.ClH/c1-4(10(19)20-18-11(16)17)2-5-8(14)6(12)3-7(13)9(5)15;/h2-3H,1H3,(H4,16,17,18);1H/b4-2+;. The first-order valence-corrected chi connectivity index (χ1v) is 5.06. The summed E-state index contributed by atoms with van der Waals surface area (Å²) in [6, 6.07) is 0.0486. The molecule has 1 aromatic carbocycles. The lowest BCUT2D eigenvalue weighted by Gasteiger charge is -2.06. The van der Waals surface area contributed by atoms with Gasteiger partial charge in [0.15, 0.2) is 23.3 Å². The quantitative estimate of drug-likeness (QED) is 0.194. The molecule has 21 heavy (non-hydrogen) atoms. The molecule has 4 N–H and O–H groups in total. The number of halogens is 5. The first kappa shape index (κ1) is 18.7. The zero-order valence-corrected chi connectivity index (χ0v) is 11.3. The van der Waals surface area contributed by atoms with Crippen molar-refractivity contribution in [3.8, 4) is 0 Å². The highest BCUT2D eigenvalue weighted by Gasteiger charge is 2.19. The normalized spacial score (nSPS) is 10.6. The molecule has 0 aromatic heterocycles. The van der Waals surface area contributed by atoms with Crippen molar-refractivity contribution in [1.82, 2.24) is 5.48 Å². The molecule has 5 nitrogen and oxygen atoms in total. The van der Waals surface area contributed by atoms with Gasteiger partial charge in [-0.2, -0.15) is 5.48 Å². The number of carbonyl (C=O) groups is 1. The van der Waals surface area contributed by atoms with Crippen LogP contribution in [0.1, 0.15) is 12.5 Å². The summed E-state index contributed by atoms with van der Waals surface area (Å²) in [6.07, 6.45) is 0.570. The Balaban J connectivity index is 0.00000400. The van der Waals surface area contributed by atoms with E-state index in [0.29, 0.717) is 6.08 Å². The van der Waals surface area contributed by atoms with Crippen LogP contribution in [0.2, 0.25) is 0 Å². The second-order valence-electron chi connectivity index (χ2n) is 3.61. The third kappa shape index (κ3) is 4.63. The SMILES string of the molecule is C/C(=C\c1c(F)c(F)cc(F)c1F)C(=O)ONC(=N)N.Cl. The third-order valence-corrected chi connectivity index (χ3v) is 2.08. The molecule has 0 saturated carbocycles. The van der Waals surface area contributed by atoms with Gasteiger partial charge < -0.3 is 10.6 Å². The van der Waals surface area contributed by atoms with Gasteiger partial charge in [-0.1, -0.05) is 0 Å². The van der Waals surface area contributed by atoms with Crippen LogP contribution in [-0.4, -0.2) is 11.9 Å². The largest absolute Gasteiger partial charge is 0.368 e. The molecule has 0 aliphatic heterocycles. The van der Waals surface area contributed by atoms with Gasteiger partial charge in [0.25, 0.3) is 0 Å². The monoisotopic (exact) mass is 327 g/mol. The molecule has 0 unspecified atom stereocenters. The summed E-state index contributed by atoms with van der Waals surface area (Å²) in [5.74, 6) is -8.30. The van der Waals surface area contributed by atoms with Gasteiger partial charge >= 0.3 is 5.97 Å². The number of hydrogen-bond acceptors (Lipinski definition) is 3. The Labute approximate surface area is 122 Å². The van der Waals surface area contributed by atoms with E-state index in [4.69, 9.17) is 11.1 Å². The summed E-state index contributed by atoms with van der Waals surface area (Å²) in [6.45, 7) is 1.09. The average molecular weight is 328 g/mol. The summed E-state index contributed by atoms with van der Waals surface area (Å²) in [7, 11) is 0. The van der Waals surface area contributed by atoms with Crippen molar-refractivity contribution in [1.29, 1.82) is 5.41 Å². The fraction of sp³-hybridized carbons (Fsp3) is 0.0909. The van der Waals surface area contributed by atoms with E-state index in [2.05, 4.69) is 4.84 Å². The highest BCUT2D eigenvalue weighted by molar-refractivity contribution is 5.93. The van der Waals surface area contributed by atoms with Gasteiger partial charge in [-0.25, -0.2) is 22.4 Å². The predicted molar refractivity (Wildman–Crippen MR) is 68.3 cm³/mol. The lowest BCUT2D eigenvalue weighted by molar-refractivity contribution is -0.142. The van der Waals surface area contributed by atoms with Crippen LogP contribution < -0.4 is 11.2 Å². The summed E-state index contributed by atoms with van der Waals surface area (Å²) < 4.78 is 52.5. The molecular formula is C11H10ClF4N3O2. The van der Waals surface area contributed by atoms with E-state index >= 15 is 0 Å². The predicted octanol–water partition coefficient (Wildman–Crippen LogP) is 2.01. The highest BCUT2D eigenvalue weighted by atomic mass is 35.5. The number of nitrogens with one attached hydrogen (secondary N) is 2. The first-order chi connectivity index (χ1) is 9.23. The number of rotatable bonds is 2. The van der Waals surface area contributed by atoms with Crippen LogP contribution in [0.25, 0.3) is 6.08 Å². The molecular weight excluding hydrogens is 318 g/mol. The van der Waals surface area contributed by atoms with Gasteiger partial charge in [0.2, 0.25) is 5.96 Å². The van der Waals surface area contributed by atoms with Gasteiger partial charge in [-0.05, 0) is 13.0 Å². The van der Waals surface area contributed by atoms with Gasteiger partial charge in [-0.3, -0.25) is 5.41 Å². The molecule has 0 saturated heterocycles. The molecule has 0 bridgehead atoms. The van der Waals surface area contributed by atoms with E-state index in [1.165, 1.54) is 0 Å². The number of hydrogen-bond donors (Lipinski definition) is 3. The van der Waals surface area contributed by atoms with Crippen LogP contribution in [0.5, 0.6) is 0 Å². The molecule has 0 heterocycles. The molecule has 1 aromatic rings. The van der Waals surface area contributed by atoms with Gasteiger partial charge in [0, 0.05) is 11.6 Å². The molecule has 0 radical (unpaired) electrons. The van der Waals surface area contributed by atoms with Gasteiger partial charge in [-0.15, -0.1) is 12.4 Å². The van der Waals surface area contributed by atoms with E-state index in [1.807, 2.05) is 0 Å². The zero-order valence-electron chi connectivity index (χ0n) is 10.5. The Kier molecular flexibility index (Phi) is 6.67. The Morgan fingerprint density at radius 2 is 1.76 bits per heavy atom. The van der Waals surface area contributed by atoms with Crippen LogP contribution >= 0.6 is 12.4 Å². The van der Waals surface area contributed by atoms with Crippen LogP contribution in [0.3, 0.4) is 0 Å². The van der Waals surface area contributed by atoms with Gasteiger partial charge in [0.05, 0.1) is 5.56 Å². The lowest BCUT2D eigenvalue weighted by Crippen LogP contribution is -2.32. The molecule has 0 fully saturated rings. The van der Waals surface area contributed by atoms with Crippen LogP contribution in [0.4, 0.5) is 17.6 Å². The van der Waals surface area contributed by atoms with E-state index in [0.717, 1.165) is 6.92 Å². The molecule has 10 heteroatoms. The Morgan fingerprint density at radius 1 is 1.29 bits per heavy atom. The molecule has 0 amide bonds. The molecule has 0 spiro atoms. The van der Waals surface area contributed by atoms with Gasteiger partial charge in [0.1, 0.15) is 0 Å². The molecule has 0 atom stereocenters. The van der Waals surface area contributed by atoms with E-state index in [-0.39, 0.29) is 24.0 Å². The fourth-order valence-electron chi connectivity index (χ4n) is 1.18. The molecule has 1 rings (SSSR count). The van der Waals surface area contributed by atoms with Crippen molar-refractivity contribution >= 4 is 30.4 Å². The van der Waals surface area contributed by atoms with Crippen molar-refractivity contribution in [2.24, 2.45) is 5.73 Å². The fourth-order valence-corrected chi connectivity index (χ4v) is 1.18. The second kappa shape index (κ2) is 7.48. The first-order valence-electron chi connectivity index (χ1n) is 5.06. The number of carbonyl (C=O) groups excluding carboxylic acids is 1. The summed E-state index contributed by atoms with van der Waals surface area (Å²) in [5.41, 5.74) is 5.11. The lowest BCUT2D eigenvalue weighted by atomic mass is 10.1. The number of nitrogens with two attached hydrogens (primary N) is 1.